The number of guanidine groups is 1. The van der Waals surface area contributed by atoms with Gasteiger partial charge in [-0.25, -0.2) is 9.69 Å². The van der Waals surface area contributed by atoms with Crippen molar-refractivity contribution in [3.8, 4) is 0 Å². The fourth-order valence-electron chi connectivity index (χ4n) is 3.52. The molecule has 4 heteroatoms. The van der Waals surface area contributed by atoms with Crippen LogP contribution in [-0.4, -0.2) is 18.0 Å². The molecule has 1 aromatic rings. The average molecular weight is 294 g/mol. The molecule has 1 heterocycles. The van der Waals surface area contributed by atoms with Gasteiger partial charge in [0.25, 0.3) is 0 Å². The highest BCUT2D eigenvalue weighted by Gasteiger charge is 2.36. The number of nitrogens with zero attached hydrogens (tertiary/aromatic N) is 4. The zero-order chi connectivity index (χ0) is 16.5. The van der Waals surface area contributed by atoms with E-state index in [1.54, 1.807) is 0 Å². The molecule has 2 rings (SSSR count). The number of hydrogen-bond donors (Lipinski definition) is 0. The van der Waals surface area contributed by atoms with Crippen LogP contribution in [0.2, 0.25) is 0 Å². The second-order valence-electron chi connectivity index (χ2n) is 6.49. The van der Waals surface area contributed by atoms with E-state index in [0.29, 0.717) is 5.92 Å². The third-order valence-electron chi connectivity index (χ3n) is 4.44. The zero-order valence-corrected chi connectivity index (χ0v) is 13.9. The number of rotatable bonds is 2. The number of hydrogen-bond acceptors (Lipinski definition) is 2. The Kier molecular flexibility index (Phi) is 4.24. The van der Waals surface area contributed by atoms with E-state index in [-0.39, 0.29) is 11.5 Å². The average Bonchev–Trinajstić information content (AvgIpc) is 2.45. The van der Waals surface area contributed by atoms with Gasteiger partial charge in [-0.2, -0.15) is 0 Å². The van der Waals surface area contributed by atoms with Gasteiger partial charge in [-0.15, -0.1) is 0 Å². The lowest BCUT2D eigenvalue weighted by atomic mass is 9.79. The van der Waals surface area contributed by atoms with Crippen LogP contribution >= 0.6 is 0 Å². The van der Waals surface area contributed by atoms with Crippen molar-refractivity contribution in [2.45, 2.75) is 52.5 Å². The van der Waals surface area contributed by atoms with Crippen LogP contribution in [0.15, 0.2) is 17.1 Å². The van der Waals surface area contributed by atoms with E-state index in [1.165, 1.54) is 11.3 Å². The molecule has 1 atom stereocenters. The monoisotopic (exact) mass is 294 g/mol. The largest absolute Gasteiger partial charge is 0.634 e. The maximum atomic E-state index is 6.99. The summed E-state index contributed by atoms with van der Waals surface area (Å²) < 4.78 is 0. The zero-order valence-electron chi connectivity index (χ0n) is 13.9. The quantitative estimate of drug-likeness (QED) is 0.431. The first-order chi connectivity index (χ1) is 10.3. The molecule has 0 fully saturated rings. The summed E-state index contributed by atoms with van der Waals surface area (Å²) >= 11 is 0. The molecule has 0 radical (unpaired) electrons. The van der Waals surface area contributed by atoms with Crippen LogP contribution in [0.3, 0.4) is 0 Å². The molecule has 0 bridgehead atoms. The predicted octanol–water partition coefficient (Wildman–Crippen LogP) is 4.93. The highest BCUT2D eigenvalue weighted by molar-refractivity contribution is 5.99. The van der Waals surface area contributed by atoms with Gasteiger partial charge in [0, 0.05) is 34.4 Å². The van der Waals surface area contributed by atoms with Crippen molar-refractivity contribution >= 4 is 17.3 Å². The van der Waals surface area contributed by atoms with E-state index in [1.807, 2.05) is 6.92 Å². The predicted molar refractivity (Wildman–Crippen MR) is 91.6 cm³/mol. The van der Waals surface area contributed by atoms with Crippen LogP contribution < -0.4 is 4.90 Å². The molecule has 114 valence electrons. The van der Waals surface area contributed by atoms with E-state index in [2.05, 4.69) is 59.4 Å². The number of aliphatic imine (C=N–C) groups is 1. The molecular weight excluding hydrogens is 272 g/mol. The highest BCUT2D eigenvalue weighted by Crippen LogP contribution is 2.45. The number of fused-ring (bicyclic) bond motifs is 1. The maximum absolute atomic E-state index is 6.99. The summed E-state index contributed by atoms with van der Waals surface area (Å²) in [4.78, 5) is 13.0. The first-order valence-electron chi connectivity index (χ1n) is 7.59. The fraction of sp³-hybridized carbons (Fsp3) is 0.500. The van der Waals surface area contributed by atoms with Gasteiger partial charge in [0.05, 0.1) is 0 Å². The second-order valence-corrected chi connectivity index (χ2v) is 6.49. The van der Waals surface area contributed by atoms with Gasteiger partial charge < -0.3 is 4.90 Å². The van der Waals surface area contributed by atoms with Crippen LogP contribution in [0.4, 0.5) is 11.4 Å². The molecule has 0 N–H and O–H groups in total. The third kappa shape index (κ3) is 2.70. The molecule has 4 nitrogen and oxygen atoms in total. The van der Waals surface area contributed by atoms with Gasteiger partial charge >= 0.3 is 5.96 Å². The minimum atomic E-state index is -0.126. The number of aryl methyl sites for hydroxylation is 1. The summed E-state index contributed by atoms with van der Waals surface area (Å²) in [6.07, 6.45) is 1.08. The third-order valence-corrected chi connectivity index (χ3v) is 4.44. The number of benzene rings is 1. The maximum Gasteiger partial charge on any atom is 0.634 e. The molecule has 0 spiro atoms. The summed E-state index contributed by atoms with van der Waals surface area (Å²) in [5.74, 6) is 0.311. The minimum Gasteiger partial charge on any atom is -0.366 e. The Hall–Kier alpha value is -2.33. The van der Waals surface area contributed by atoms with Crippen molar-refractivity contribution < 1.29 is 0 Å². The molecule has 0 aliphatic carbocycles. The first kappa shape index (κ1) is 16.0. The van der Waals surface area contributed by atoms with E-state index in [0.717, 1.165) is 24.2 Å². The normalized spacial score (nSPS) is 18.9. The molecule has 0 saturated carbocycles. The van der Waals surface area contributed by atoms with Gasteiger partial charge in [-0.1, -0.05) is 6.92 Å². The topological polar surface area (TPSA) is 24.3 Å². The van der Waals surface area contributed by atoms with Crippen LogP contribution in [0.1, 0.15) is 51.2 Å². The van der Waals surface area contributed by atoms with Crippen molar-refractivity contribution in [1.82, 2.24) is 0 Å². The lowest BCUT2D eigenvalue weighted by molar-refractivity contribution is 0.381. The first-order valence-corrected chi connectivity index (χ1v) is 7.59. The van der Waals surface area contributed by atoms with Crippen LogP contribution in [0, 0.1) is 20.1 Å². The lowest BCUT2D eigenvalue weighted by Crippen LogP contribution is -2.48. The van der Waals surface area contributed by atoms with Gasteiger partial charge in [-0.05, 0) is 64.8 Å². The molecule has 0 saturated heterocycles. The molecule has 0 aromatic heterocycles. The molecular formula is C18H22N4. The molecule has 0 amide bonds. The van der Waals surface area contributed by atoms with Crippen molar-refractivity contribution in [1.29, 1.82) is 0 Å². The molecule has 1 aliphatic heterocycles. The summed E-state index contributed by atoms with van der Waals surface area (Å²) in [6.45, 7) is 25.9. The fourth-order valence-corrected chi connectivity index (χ4v) is 3.52. The van der Waals surface area contributed by atoms with E-state index < -0.39 is 0 Å². The minimum absolute atomic E-state index is 0.126. The summed E-state index contributed by atoms with van der Waals surface area (Å²) in [7, 11) is 0. The molecule has 22 heavy (non-hydrogen) atoms. The summed E-state index contributed by atoms with van der Waals surface area (Å²) in [6, 6.07) is 4.21. The Morgan fingerprint density at radius 1 is 1.36 bits per heavy atom. The van der Waals surface area contributed by atoms with Crippen molar-refractivity contribution in [2.75, 3.05) is 11.4 Å². The molecule has 1 unspecified atom stereocenters. The van der Waals surface area contributed by atoms with E-state index in [4.69, 9.17) is 13.1 Å². The molecule has 1 aromatic carbocycles. The lowest BCUT2D eigenvalue weighted by Gasteiger charge is -2.47. The Labute approximate surface area is 133 Å². The van der Waals surface area contributed by atoms with Gasteiger partial charge in [0.2, 0.25) is 5.69 Å². The standard InChI is InChI=1S/C18H22N4/c1-8-22-16-9-12(2)15(21-17(19-6)20-7)10-14(16)13(3)11-18(22,4)5/h9-10,13H,8,11H2,1-5H3. The van der Waals surface area contributed by atoms with Gasteiger partial charge in [0.15, 0.2) is 0 Å². The summed E-state index contributed by atoms with van der Waals surface area (Å²) in [5.41, 5.74) is 4.40. The van der Waals surface area contributed by atoms with Crippen LogP contribution in [0.5, 0.6) is 0 Å². The SMILES string of the molecule is [C-]#[N+]C(=Nc1cc2c(cc1C)N(CC)C(C)(C)CC2C)[N+]#[C-]. The summed E-state index contributed by atoms with van der Waals surface area (Å²) in [5, 5.41) is 0. The van der Waals surface area contributed by atoms with Gasteiger partial charge in [-0.3, -0.25) is 0 Å². The second kappa shape index (κ2) is 5.81. The smallest absolute Gasteiger partial charge is 0.366 e. The Bertz CT molecular complexity index is 685. The van der Waals surface area contributed by atoms with E-state index in [9.17, 15) is 0 Å². The van der Waals surface area contributed by atoms with Crippen molar-refractivity contribution in [3.05, 3.63) is 46.1 Å². The van der Waals surface area contributed by atoms with Gasteiger partial charge in [0.1, 0.15) is 0 Å². The number of anilines is 1. The van der Waals surface area contributed by atoms with Crippen LogP contribution in [-0.2, 0) is 0 Å². The van der Waals surface area contributed by atoms with Crippen molar-refractivity contribution in [3.63, 3.8) is 0 Å². The van der Waals surface area contributed by atoms with Crippen molar-refractivity contribution in [2.24, 2.45) is 4.99 Å². The Balaban J connectivity index is 2.62. The Morgan fingerprint density at radius 3 is 2.55 bits per heavy atom. The Morgan fingerprint density at radius 2 is 2.00 bits per heavy atom. The van der Waals surface area contributed by atoms with Crippen LogP contribution in [0.25, 0.3) is 9.69 Å². The van der Waals surface area contributed by atoms with E-state index >= 15 is 0 Å². The molecule has 1 aliphatic rings. The highest BCUT2D eigenvalue weighted by atomic mass is 15.2.